The molecule has 3 heterocycles. The quantitative estimate of drug-likeness (QED) is 0.595. The fourth-order valence-electron chi connectivity index (χ4n) is 4.90. The van der Waals surface area contributed by atoms with Crippen LogP contribution in [0.5, 0.6) is 11.5 Å². The summed E-state index contributed by atoms with van der Waals surface area (Å²) in [5, 5.41) is 0. The van der Waals surface area contributed by atoms with Gasteiger partial charge in [-0.1, -0.05) is 0 Å². The largest absolute Gasteiger partial charge is 0.486 e. The zero-order valence-corrected chi connectivity index (χ0v) is 20.0. The summed E-state index contributed by atoms with van der Waals surface area (Å²) < 4.78 is 43.8. The second-order valence-electron chi connectivity index (χ2n) is 9.02. The smallest absolute Gasteiger partial charge is 0.309 e. The highest BCUT2D eigenvalue weighted by Crippen LogP contribution is 2.34. The zero-order chi connectivity index (χ0) is 23.6. The van der Waals surface area contributed by atoms with Gasteiger partial charge < -0.3 is 19.1 Å². The first kappa shape index (κ1) is 23.8. The van der Waals surface area contributed by atoms with Crippen LogP contribution >= 0.6 is 0 Å². The van der Waals surface area contributed by atoms with Gasteiger partial charge in [-0.25, -0.2) is 8.42 Å². The van der Waals surface area contributed by atoms with E-state index in [-0.39, 0.29) is 42.6 Å². The van der Waals surface area contributed by atoms with Crippen LogP contribution in [0.15, 0.2) is 23.1 Å². The molecule has 0 saturated carbocycles. The van der Waals surface area contributed by atoms with Crippen LogP contribution in [0.25, 0.3) is 0 Å². The Morgan fingerprint density at radius 3 is 2.30 bits per heavy atom. The third kappa shape index (κ3) is 5.11. The van der Waals surface area contributed by atoms with Crippen molar-refractivity contribution < 1.29 is 32.2 Å². The lowest BCUT2D eigenvalue weighted by atomic mass is 9.97. The molecule has 0 radical (unpaired) electrons. The molecule has 1 aromatic carbocycles. The third-order valence-electron chi connectivity index (χ3n) is 6.76. The summed E-state index contributed by atoms with van der Waals surface area (Å²) in [5.74, 6) is -0.0632. The van der Waals surface area contributed by atoms with E-state index in [2.05, 4.69) is 0 Å². The molecule has 9 nitrogen and oxygen atoms in total. The summed E-state index contributed by atoms with van der Waals surface area (Å²) in [4.78, 5) is 27.1. The van der Waals surface area contributed by atoms with Crippen molar-refractivity contribution in [1.82, 2.24) is 9.21 Å². The molecule has 0 aromatic heterocycles. The van der Waals surface area contributed by atoms with Gasteiger partial charge in [0, 0.05) is 31.2 Å². The first-order valence-electron chi connectivity index (χ1n) is 11.6. The Kier molecular flexibility index (Phi) is 7.13. The van der Waals surface area contributed by atoms with Crippen LogP contribution in [-0.2, 0) is 24.3 Å². The second-order valence-corrected chi connectivity index (χ2v) is 11.0. The lowest BCUT2D eigenvalue weighted by molar-refractivity contribution is -0.158. The van der Waals surface area contributed by atoms with Crippen molar-refractivity contribution >= 4 is 21.9 Å². The van der Waals surface area contributed by atoms with Crippen LogP contribution in [0.2, 0.25) is 0 Å². The second kappa shape index (κ2) is 9.89. The molecule has 0 aliphatic carbocycles. The molecule has 0 N–H and O–H groups in total. The van der Waals surface area contributed by atoms with Gasteiger partial charge in [0.25, 0.3) is 5.91 Å². The van der Waals surface area contributed by atoms with Crippen molar-refractivity contribution in [3.05, 3.63) is 18.2 Å². The Labute approximate surface area is 195 Å². The van der Waals surface area contributed by atoms with Gasteiger partial charge >= 0.3 is 5.97 Å². The van der Waals surface area contributed by atoms with E-state index in [1.165, 1.54) is 16.4 Å². The van der Waals surface area contributed by atoms with Crippen LogP contribution in [0.4, 0.5) is 0 Å². The number of benzene rings is 1. The maximum absolute atomic E-state index is 13.1. The third-order valence-corrected chi connectivity index (χ3v) is 8.65. The first-order chi connectivity index (χ1) is 15.8. The van der Waals surface area contributed by atoms with Gasteiger partial charge in [0.05, 0.1) is 10.8 Å². The van der Waals surface area contributed by atoms with E-state index in [0.717, 1.165) is 19.3 Å². The number of rotatable bonds is 5. The monoisotopic (exact) mass is 480 g/mol. The van der Waals surface area contributed by atoms with Crippen LogP contribution in [-0.4, -0.2) is 74.5 Å². The molecule has 0 spiro atoms. The predicted molar refractivity (Wildman–Crippen MR) is 119 cm³/mol. The molecule has 4 rings (SSSR count). The molecule has 10 heteroatoms. The average Bonchev–Trinajstić information content (AvgIpc) is 2.82. The van der Waals surface area contributed by atoms with E-state index in [1.54, 1.807) is 6.07 Å². The number of hydrogen-bond donors (Lipinski definition) is 0. The Bertz CT molecular complexity index is 979. The maximum Gasteiger partial charge on any atom is 0.309 e. The fraction of sp³-hybridized carbons (Fsp3) is 0.652. The number of hydrogen-bond acceptors (Lipinski definition) is 7. The van der Waals surface area contributed by atoms with Crippen molar-refractivity contribution in [2.45, 2.75) is 62.9 Å². The summed E-state index contributed by atoms with van der Waals surface area (Å²) in [7, 11) is -3.71. The van der Waals surface area contributed by atoms with Gasteiger partial charge in [-0.05, 0) is 58.1 Å². The molecular formula is C23H32N2O7S. The number of fused-ring (bicyclic) bond motifs is 1. The Balaban J connectivity index is 1.30. The van der Waals surface area contributed by atoms with E-state index in [4.69, 9.17) is 14.2 Å². The van der Waals surface area contributed by atoms with Crippen LogP contribution < -0.4 is 9.47 Å². The molecule has 3 aliphatic rings. The number of piperidine rings is 2. The highest BCUT2D eigenvalue weighted by Gasteiger charge is 2.35. The number of nitrogens with zero attached hydrogens (tertiary/aromatic N) is 2. The van der Waals surface area contributed by atoms with Crippen LogP contribution in [0.3, 0.4) is 0 Å². The number of amides is 1. The van der Waals surface area contributed by atoms with E-state index in [1.807, 2.05) is 18.7 Å². The van der Waals surface area contributed by atoms with Crippen LogP contribution in [0.1, 0.15) is 46.0 Å². The number of carbonyl (C=O) groups excluding carboxylic acids is 2. The maximum atomic E-state index is 13.1. The Hall–Kier alpha value is -2.33. The average molecular weight is 481 g/mol. The molecule has 0 bridgehead atoms. The van der Waals surface area contributed by atoms with Gasteiger partial charge in [0.2, 0.25) is 10.0 Å². The molecule has 1 aromatic rings. The first-order valence-corrected chi connectivity index (χ1v) is 13.1. The van der Waals surface area contributed by atoms with Gasteiger partial charge in [0.1, 0.15) is 13.2 Å². The Morgan fingerprint density at radius 2 is 1.64 bits per heavy atom. The molecule has 2 fully saturated rings. The van der Waals surface area contributed by atoms with E-state index in [9.17, 15) is 18.0 Å². The highest BCUT2D eigenvalue weighted by atomic mass is 32.2. The molecule has 2 atom stereocenters. The number of esters is 1. The van der Waals surface area contributed by atoms with Gasteiger partial charge in [-0.15, -0.1) is 0 Å². The summed E-state index contributed by atoms with van der Waals surface area (Å²) in [6.07, 6.45) is 3.72. The molecule has 182 valence electrons. The number of carbonyl (C=O) groups is 2. The van der Waals surface area contributed by atoms with E-state index < -0.39 is 21.9 Å². The standard InChI is InChI=1S/C23H32N2O7S/c1-16-4-3-5-17(2)25(16)22(26)15-32-23(27)18-8-10-24(11-9-18)33(28,29)19-6-7-20-21(14-19)31-13-12-30-20/h6-7,14,16-18H,3-5,8-13,15H2,1-2H3/t16-,17+. The van der Waals surface area contributed by atoms with Gasteiger partial charge in [-0.2, -0.15) is 4.31 Å². The minimum atomic E-state index is -3.71. The number of likely N-dealkylation sites (tertiary alicyclic amines) is 1. The molecule has 2 saturated heterocycles. The SMILES string of the molecule is C[C@@H]1CCC[C@H](C)N1C(=O)COC(=O)C1CCN(S(=O)(=O)c2ccc3c(c2)OCCO3)CC1. The van der Waals surface area contributed by atoms with E-state index in [0.29, 0.717) is 37.6 Å². The number of sulfonamides is 1. The molecule has 0 unspecified atom stereocenters. The minimum absolute atomic E-state index is 0.142. The van der Waals surface area contributed by atoms with Gasteiger partial charge in [0.15, 0.2) is 18.1 Å². The molecule has 1 amide bonds. The van der Waals surface area contributed by atoms with Crippen molar-refractivity contribution in [3.63, 3.8) is 0 Å². The summed E-state index contributed by atoms with van der Waals surface area (Å²) in [6.45, 7) is 5.02. The lowest BCUT2D eigenvalue weighted by Crippen LogP contribution is -2.49. The normalized spacial score (nSPS) is 24.4. The molecule has 3 aliphatic heterocycles. The molecule has 33 heavy (non-hydrogen) atoms. The van der Waals surface area contributed by atoms with Gasteiger partial charge in [-0.3, -0.25) is 9.59 Å². The van der Waals surface area contributed by atoms with Crippen molar-refractivity contribution in [3.8, 4) is 11.5 Å². The lowest BCUT2D eigenvalue weighted by Gasteiger charge is -2.39. The van der Waals surface area contributed by atoms with Crippen molar-refractivity contribution in [2.24, 2.45) is 5.92 Å². The van der Waals surface area contributed by atoms with Crippen LogP contribution in [0, 0.1) is 5.92 Å². The van der Waals surface area contributed by atoms with Crippen molar-refractivity contribution in [2.75, 3.05) is 32.9 Å². The summed E-state index contributed by atoms with van der Waals surface area (Å²) >= 11 is 0. The summed E-state index contributed by atoms with van der Waals surface area (Å²) in [6, 6.07) is 4.89. The van der Waals surface area contributed by atoms with Crippen molar-refractivity contribution in [1.29, 1.82) is 0 Å². The minimum Gasteiger partial charge on any atom is -0.486 e. The number of ether oxygens (including phenoxy) is 3. The highest BCUT2D eigenvalue weighted by molar-refractivity contribution is 7.89. The fourth-order valence-corrected chi connectivity index (χ4v) is 6.39. The summed E-state index contributed by atoms with van der Waals surface area (Å²) in [5.41, 5.74) is 0. The topological polar surface area (TPSA) is 102 Å². The Morgan fingerprint density at radius 1 is 1.00 bits per heavy atom. The van der Waals surface area contributed by atoms with E-state index >= 15 is 0 Å². The predicted octanol–water partition coefficient (Wildman–Crippen LogP) is 2.19. The molecular weight excluding hydrogens is 448 g/mol. The zero-order valence-electron chi connectivity index (χ0n) is 19.2.